The Balaban J connectivity index is 2.21. The van der Waals surface area contributed by atoms with Crippen molar-refractivity contribution in [2.45, 2.75) is 30.2 Å². The summed E-state index contributed by atoms with van der Waals surface area (Å²) in [4.78, 5) is 15.9. The van der Waals surface area contributed by atoms with E-state index in [2.05, 4.69) is 10.2 Å². The van der Waals surface area contributed by atoms with Crippen LogP contribution >= 0.6 is 11.8 Å². The van der Waals surface area contributed by atoms with Crippen LogP contribution in [0.2, 0.25) is 0 Å². The number of hydrogen-bond acceptors (Lipinski definition) is 3. The van der Waals surface area contributed by atoms with E-state index >= 15 is 0 Å². The normalized spacial score (nSPS) is 19.5. The highest BCUT2D eigenvalue weighted by Gasteiger charge is 2.27. The molecule has 1 amide bonds. The predicted octanol–water partition coefficient (Wildman–Crippen LogP) is 2.62. The molecule has 0 saturated carbocycles. The molecule has 1 saturated heterocycles. The molecule has 0 spiro atoms. The smallest absolute Gasteiger partial charge is 0.255 e. The standard InChI is InChI=1S/C15H22N2OS/c1-16-11-12-7-5-6-10-17(12)15(18)13-8-3-4-9-14(13)19-2/h3-4,8-9,12,16H,5-7,10-11H2,1-2H3. The zero-order valence-corrected chi connectivity index (χ0v) is 12.5. The van der Waals surface area contributed by atoms with E-state index in [4.69, 9.17) is 0 Å². The molecule has 1 aliphatic heterocycles. The molecular formula is C15H22N2OS. The van der Waals surface area contributed by atoms with Crippen molar-refractivity contribution in [2.75, 3.05) is 26.4 Å². The van der Waals surface area contributed by atoms with Crippen LogP contribution in [0.5, 0.6) is 0 Å². The van der Waals surface area contributed by atoms with E-state index in [-0.39, 0.29) is 5.91 Å². The van der Waals surface area contributed by atoms with Crippen LogP contribution in [0.15, 0.2) is 29.2 Å². The fraction of sp³-hybridized carbons (Fsp3) is 0.533. The van der Waals surface area contributed by atoms with Crippen molar-refractivity contribution >= 4 is 17.7 Å². The fourth-order valence-corrected chi connectivity index (χ4v) is 3.28. The molecule has 1 N–H and O–H groups in total. The lowest BCUT2D eigenvalue weighted by Gasteiger charge is -2.36. The van der Waals surface area contributed by atoms with Gasteiger partial charge in [-0.3, -0.25) is 4.79 Å². The molecule has 1 fully saturated rings. The summed E-state index contributed by atoms with van der Waals surface area (Å²) in [7, 11) is 1.95. The van der Waals surface area contributed by atoms with Crippen LogP contribution in [0.1, 0.15) is 29.6 Å². The van der Waals surface area contributed by atoms with Gasteiger partial charge in [-0.15, -0.1) is 11.8 Å². The Kier molecular flexibility index (Phi) is 5.28. The van der Waals surface area contributed by atoms with Crippen LogP contribution < -0.4 is 5.32 Å². The van der Waals surface area contributed by atoms with Gasteiger partial charge in [0, 0.05) is 24.0 Å². The maximum atomic E-state index is 12.7. The second-order valence-electron chi connectivity index (χ2n) is 4.91. The third-order valence-corrected chi connectivity index (χ3v) is 4.46. The number of hydrogen-bond donors (Lipinski definition) is 1. The van der Waals surface area contributed by atoms with Crippen LogP contribution in [0.4, 0.5) is 0 Å². The van der Waals surface area contributed by atoms with Crippen molar-refractivity contribution in [2.24, 2.45) is 0 Å². The minimum Gasteiger partial charge on any atom is -0.334 e. The molecule has 1 aromatic rings. The highest BCUT2D eigenvalue weighted by Crippen LogP contribution is 2.25. The Morgan fingerprint density at radius 3 is 2.95 bits per heavy atom. The Morgan fingerprint density at radius 1 is 1.42 bits per heavy atom. The van der Waals surface area contributed by atoms with Crippen molar-refractivity contribution in [3.05, 3.63) is 29.8 Å². The van der Waals surface area contributed by atoms with E-state index < -0.39 is 0 Å². The first-order valence-electron chi connectivity index (χ1n) is 6.86. The SMILES string of the molecule is CNCC1CCCCN1C(=O)c1ccccc1SC. The topological polar surface area (TPSA) is 32.3 Å². The monoisotopic (exact) mass is 278 g/mol. The summed E-state index contributed by atoms with van der Waals surface area (Å²) in [5, 5.41) is 3.20. The molecule has 0 aromatic heterocycles. The summed E-state index contributed by atoms with van der Waals surface area (Å²) < 4.78 is 0. The number of nitrogens with one attached hydrogen (secondary N) is 1. The van der Waals surface area contributed by atoms with Crippen molar-refractivity contribution in [1.82, 2.24) is 10.2 Å². The Hall–Kier alpha value is -1.00. The van der Waals surface area contributed by atoms with E-state index in [0.717, 1.165) is 36.4 Å². The van der Waals surface area contributed by atoms with Gasteiger partial charge >= 0.3 is 0 Å². The molecule has 2 rings (SSSR count). The summed E-state index contributed by atoms with van der Waals surface area (Å²) in [5.41, 5.74) is 0.845. The van der Waals surface area contributed by atoms with Crippen LogP contribution in [-0.4, -0.2) is 43.2 Å². The van der Waals surface area contributed by atoms with Gasteiger partial charge in [0.25, 0.3) is 5.91 Å². The van der Waals surface area contributed by atoms with Crippen LogP contribution in [0.25, 0.3) is 0 Å². The van der Waals surface area contributed by atoms with Gasteiger partial charge < -0.3 is 10.2 Å². The summed E-state index contributed by atoms with van der Waals surface area (Å²) >= 11 is 1.64. The summed E-state index contributed by atoms with van der Waals surface area (Å²) in [6, 6.07) is 8.24. The van der Waals surface area contributed by atoms with E-state index in [1.165, 1.54) is 6.42 Å². The molecule has 1 aliphatic rings. The second-order valence-corrected chi connectivity index (χ2v) is 5.75. The van der Waals surface area contributed by atoms with Gasteiger partial charge in [0.1, 0.15) is 0 Å². The molecule has 104 valence electrons. The number of carbonyl (C=O) groups is 1. The average Bonchev–Trinajstić information content (AvgIpc) is 2.47. The number of likely N-dealkylation sites (tertiary alicyclic amines) is 1. The third kappa shape index (κ3) is 3.31. The Morgan fingerprint density at radius 2 is 2.21 bits per heavy atom. The minimum atomic E-state index is 0.185. The van der Waals surface area contributed by atoms with Crippen molar-refractivity contribution < 1.29 is 4.79 Å². The molecule has 1 atom stereocenters. The van der Waals surface area contributed by atoms with Crippen LogP contribution in [0, 0.1) is 0 Å². The van der Waals surface area contributed by atoms with Gasteiger partial charge in [0.2, 0.25) is 0 Å². The molecule has 1 heterocycles. The van der Waals surface area contributed by atoms with Gasteiger partial charge in [0.05, 0.1) is 5.56 Å². The molecule has 19 heavy (non-hydrogen) atoms. The second kappa shape index (κ2) is 6.96. The minimum absolute atomic E-state index is 0.185. The number of nitrogens with zero attached hydrogens (tertiary/aromatic N) is 1. The van der Waals surface area contributed by atoms with Gasteiger partial charge in [-0.1, -0.05) is 12.1 Å². The fourth-order valence-electron chi connectivity index (χ4n) is 2.69. The number of likely N-dealkylation sites (N-methyl/N-ethyl adjacent to an activating group) is 1. The molecule has 3 nitrogen and oxygen atoms in total. The highest BCUT2D eigenvalue weighted by atomic mass is 32.2. The number of piperidine rings is 1. The van der Waals surface area contributed by atoms with E-state index in [0.29, 0.717) is 6.04 Å². The average molecular weight is 278 g/mol. The molecule has 0 aliphatic carbocycles. The van der Waals surface area contributed by atoms with Crippen LogP contribution in [0.3, 0.4) is 0 Å². The lowest BCUT2D eigenvalue weighted by Crippen LogP contribution is -2.48. The van der Waals surface area contributed by atoms with Gasteiger partial charge in [0.15, 0.2) is 0 Å². The number of rotatable bonds is 4. The first-order chi connectivity index (χ1) is 9.27. The predicted molar refractivity (Wildman–Crippen MR) is 80.8 cm³/mol. The van der Waals surface area contributed by atoms with E-state index in [1.54, 1.807) is 11.8 Å². The van der Waals surface area contributed by atoms with Crippen LogP contribution in [-0.2, 0) is 0 Å². The van der Waals surface area contributed by atoms with Gasteiger partial charge in [-0.2, -0.15) is 0 Å². The maximum Gasteiger partial charge on any atom is 0.255 e. The third-order valence-electron chi connectivity index (χ3n) is 3.67. The first kappa shape index (κ1) is 14.4. The summed E-state index contributed by atoms with van der Waals surface area (Å²) in [5.74, 6) is 0.185. The lowest BCUT2D eigenvalue weighted by atomic mass is 10.0. The zero-order chi connectivity index (χ0) is 13.7. The molecule has 1 aromatic carbocycles. The summed E-state index contributed by atoms with van der Waals surface area (Å²) in [6.07, 6.45) is 5.47. The van der Waals surface area contributed by atoms with Gasteiger partial charge in [-0.05, 0) is 44.7 Å². The molecule has 4 heteroatoms. The Bertz CT molecular complexity index is 434. The number of thioether (sulfide) groups is 1. The quantitative estimate of drug-likeness (QED) is 0.859. The zero-order valence-electron chi connectivity index (χ0n) is 11.7. The summed E-state index contributed by atoms with van der Waals surface area (Å²) in [6.45, 7) is 1.76. The Labute approximate surface area is 119 Å². The largest absolute Gasteiger partial charge is 0.334 e. The first-order valence-corrected chi connectivity index (χ1v) is 8.09. The van der Waals surface area contributed by atoms with Crippen molar-refractivity contribution in [3.8, 4) is 0 Å². The van der Waals surface area contributed by atoms with Gasteiger partial charge in [-0.25, -0.2) is 0 Å². The van der Waals surface area contributed by atoms with E-state index in [9.17, 15) is 4.79 Å². The number of benzene rings is 1. The molecule has 0 bridgehead atoms. The molecule has 0 radical (unpaired) electrons. The highest BCUT2D eigenvalue weighted by molar-refractivity contribution is 7.98. The maximum absolute atomic E-state index is 12.7. The number of amides is 1. The van der Waals surface area contributed by atoms with Crippen molar-refractivity contribution in [3.63, 3.8) is 0 Å². The molecular weight excluding hydrogens is 256 g/mol. The number of carbonyl (C=O) groups excluding carboxylic acids is 1. The van der Waals surface area contributed by atoms with Crippen molar-refractivity contribution in [1.29, 1.82) is 0 Å². The molecule has 1 unspecified atom stereocenters. The lowest BCUT2D eigenvalue weighted by molar-refractivity contribution is 0.0611. The van der Waals surface area contributed by atoms with E-state index in [1.807, 2.05) is 37.6 Å².